The zero-order valence-electron chi connectivity index (χ0n) is 10.8. The molecule has 0 bridgehead atoms. The number of aromatic nitrogens is 2. The van der Waals surface area contributed by atoms with Crippen LogP contribution >= 0.6 is 0 Å². The molecule has 1 aliphatic carbocycles. The number of nitrogens with zero attached hydrogens (tertiary/aromatic N) is 2. The molecule has 3 nitrogen and oxygen atoms in total. The maximum absolute atomic E-state index is 5.90. The minimum atomic E-state index is 0.281. The SMILES string of the molecule is CC(C)[C@H]1CCO[C@@H](c2cnn(C3CC3)c2)C1. The van der Waals surface area contributed by atoms with E-state index in [-0.39, 0.29) is 6.10 Å². The van der Waals surface area contributed by atoms with E-state index in [4.69, 9.17) is 4.74 Å². The molecule has 0 unspecified atom stereocenters. The van der Waals surface area contributed by atoms with Gasteiger partial charge < -0.3 is 4.74 Å². The van der Waals surface area contributed by atoms with Gasteiger partial charge in [0.15, 0.2) is 0 Å². The molecule has 3 heteroatoms. The topological polar surface area (TPSA) is 27.1 Å². The average molecular weight is 234 g/mol. The third-order valence-corrected chi connectivity index (χ3v) is 4.18. The Morgan fingerprint density at radius 3 is 2.88 bits per heavy atom. The van der Waals surface area contributed by atoms with Crippen molar-refractivity contribution in [3.05, 3.63) is 18.0 Å². The molecule has 2 aliphatic rings. The van der Waals surface area contributed by atoms with Crippen molar-refractivity contribution in [3.63, 3.8) is 0 Å². The fourth-order valence-electron chi connectivity index (χ4n) is 2.72. The Balaban J connectivity index is 1.69. The first-order valence-corrected chi connectivity index (χ1v) is 6.89. The maximum atomic E-state index is 5.90. The molecule has 1 aromatic rings. The standard InChI is InChI=1S/C14H22N2O/c1-10(2)11-5-6-17-14(7-11)12-8-15-16(9-12)13-3-4-13/h8-11,13-14H,3-7H2,1-2H3/t11-,14+/m0/s1. The molecule has 0 amide bonds. The summed E-state index contributed by atoms with van der Waals surface area (Å²) in [7, 11) is 0. The summed E-state index contributed by atoms with van der Waals surface area (Å²) in [5, 5.41) is 4.46. The number of hydrogen-bond acceptors (Lipinski definition) is 2. The van der Waals surface area contributed by atoms with E-state index in [1.165, 1.54) is 24.8 Å². The van der Waals surface area contributed by atoms with E-state index in [1.807, 2.05) is 6.20 Å². The van der Waals surface area contributed by atoms with Crippen molar-refractivity contribution in [2.45, 2.75) is 51.7 Å². The number of hydrogen-bond donors (Lipinski definition) is 0. The Hall–Kier alpha value is -0.830. The van der Waals surface area contributed by atoms with Crippen LogP contribution in [0.15, 0.2) is 12.4 Å². The summed E-state index contributed by atoms with van der Waals surface area (Å²) in [5.74, 6) is 1.57. The third-order valence-electron chi connectivity index (χ3n) is 4.18. The van der Waals surface area contributed by atoms with E-state index in [2.05, 4.69) is 29.8 Å². The van der Waals surface area contributed by atoms with E-state index in [1.54, 1.807) is 0 Å². The second-order valence-corrected chi connectivity index (χ2v) is 5.87. The lowest BCUT2D eigenvalue weighted by Gasteiger charge is -2.31. The lowest BCUT2D eigenvalue weighted by atomic mass is 9.85. The molecule has 0 aromatic carbocycles. The summed E-state index contributed by atoms with van der Waals surface area (Å²) in [6.45, 7) is 5.55. The van der Waals surface area contributed by atoms with Crippen LogP contribution in [0.3, 0.4) is 0 Å². The zero-order valence-corrected chi connectivity index (χ0v) is 10.8. The summed E-state index contributed by atoms with van der Waals surface area (Å²) < 4.78 is 8.03. The first-order chi connectivity index (χ1) is 8.24. The highest BCUT2D eigenvalue weighted by Crippen LogP contribution is 2.38. The normalized spacial score (nSPS) is 29.8. The third kappa shape index (κ3) is 2.39. The van der Waals surface area contributed by atoms with Gasteiger partial charge in [-0.2, -0.15) is 5.10 Å². The Labute approximate surface area is 103 Å². The molecule has 17 heavy (non-hydrogen) atoms. The first kappa shape index (κ1) is 11.3. The van der Waals surface area contributed by atoms with Gasteiger partial charge in [0.25, 0.3) is 0 Å². The molecule has 1 saturated carbocycles. The zero-order chi connectivity index (χ0) is 11.8. The summed E-state index contributed by atoms with van der Waals surface area (Å²) in [4.78, 5) is 0. The molecule has 0 N–H and O–H groups in total. The monoisotopic (exact) mass is 234 g/mol. The highest BCUT2D eigenvalue weighted by atomic mass is 16.5. The van der Waals surface area contributed by atoms with Gasteiger partial charge in [-0.25, -0.2) is 0 Å². The van der Waals surface area contributed by atoms with E-state index >= 15 is 0 Å². The quantitative estimate of drug-likeness (QED) is 0.802. The Bertz CT molecular complexity index is 381. The fourth-order valence-corrected chi connectivity index (χ4v) is 2.72. The predicted octanol–water partition coefficient (Wildman–Crippen LogP) is 3.34. The Morgan fingerprint density at radius 1 is 1.35 bits per heavy atom. The van der Waals surface area contributed by atoms with Crippen LogP contribution in [-0.4, -0.2) is 16.4 Å². The van der Waals surface area contributed by atoms with E-state index in [0.717, 1.165) is 24.9 Å². The van der Waals surface area contributed by atoms with Crippen LogP contribution in [0.5, 0.6) is 0 Å². The van der Waals surface area contributed by atoms with Gasteiger partial charge in [0, 0.05) is 18.4 Å². The summed E-state index contributed by atoms with van der Waals surface area (Å²) >= 11 is 0. The molecule has 2 heterocycles. The van der Waals surface area contributed by atoms with Gasteiger partial charge in [-0.05, 0) is 37.5 Å². The van der Waals surface area contributed by atoms with Crippen LogP contribution in [-0.2, 0) is 4.74 Å². The molecule has 1 aliphatic heterocycles. The van der Waals surface area contributed by atoms with Gasteiger partial charge >= 0.3 is 0 Å². The number of rotatable bonds is 3. The molecule has 0 radical (unpaired) electrons. The van der Waals surface area contributed by atoms with E-state index < -0.39 is 0 Å². The van der Waals surface area contributed by atoms with Crippen LogP contribution < -0.4 is 0 Å². The van der Waals surface area contributed by atoms with Gasteiger partial charge in [0.1, 0.15) is 0 Å². The second-order valence-electron chi connectivity index (χ2n) is 5.87. The molecular formula is C14H22N2O. The van der Waals surface area contributed by atoms with Crippen molar-refractivity contribution in [1.82, 2.24) is 9.78 Å². The van der Waals surface area contributed by atoms with Gasteiger partial charge in [-0.15, -0.1) is 0 Å². The highest BCUT2D eigenvalue weighted by Gasteiger charge is 2.29. The lowest BCUT2D eigenvalue weighted by Crippen LogP contribution is -2.23. The van der Waals surface area contributed by atoms with Gasteiger partial charge in [0.05, 0.1) is 18.3 Å². The van der Waals surface area contributed by atoms with Crippen molar-refractivity contribution in [2.24, 2.45) is 11.8 Å². The minimum absolute atomic E-state index is 0.281. The summed E-state index contributed by atoms with van der Waals surface area (Å²) in [5.41, 5.74) is 1.28. The summed E-state index contributed by atoms with van der Waals surface area (Å²) in [6.07, 6.45) is 9.45. The molecule has 1 saturated heterocycles. The minimum Gasteiger partial charge on any atom is -0.373 e. The van der Waals surface area contributed by atoms with Crippen LogP contribution in [0.1, 0.15) is 57.2 Å². The summed E-state index contributed by atoms with van der Waals surface area (Å²) in [6, 6.07) is 0.674. The first-order valence-electron chi connectivity index (χ1n) is 6.89. The number of ether oxygens (including phenoxy) is 1. The molecule has 0 spiro atoms. The highest BCUT2D eigenvalue weighted by molar-refractivity contribution is 5.10. The molecule has 2 atom stereocenters. The van der Waals surface area contributed by atoms with Crippen LogP contribution in [0, 0.1) is 11.8 Å². The Kier molecular flexibility index (Phi) is 2.95. The van der Waals surface area contributed by atoms with Crippen LogP contribution in [0.2, 0.25) is 0 Å². The molecule has 94 valence electrons. The van der Waals surface area contributed by atoms with E-state index in [9.17, 15) is 0 Å². The molecular weight excluding hydrogens is 212 g/mol. The van der Waals surface area contributed by atoms with E-state index in [0.29, 0.717) is 6.04 Å². The molecule has 1 aromatic heterocycles. The average Bonchev–Trinajstić information content (AvgIpc) is 3.07. The molecule has 2 fully saturated rings. The maximum Gasteiger partial charge on any atom is 0.0858 e. The predicted molar refractivity (Wildman–Crippen MR) is 66.8 cm³/mol. The Morgan fingerprint density at radius 2 is 2.18 bits per heavy atom. The smallest absolute Gasteiger partial charge is 0.0858 e. The van der Waals surface area contributed by atoms with Crippen molar-refractivity contribution >= 4 is 0 Å². The van der Waals surface area contributed by atoms with Gasteiger partial charge in [-0.3, -0.25) is 4.68 Å². The van der Waals surface area contributed by atoms with Crippen LogP contribution in [0.4, 0.5) is 0 Å². The molecule has 3 rings (SSSR count). The second kappa shape index (κ2) is 4.45. The van der Waals surface area contributed by atoms with Crippen LogP contribution in [0.25, 0.3) is 0 Å². The van der Waals surface area contributed by atoms with Gasteiger partial charge in [0.2, 0.25) is 0 Å². The van der Waals surface area contributed by atoms with Crippen molar-refractivity contribution < 1.29 is 4.74 Å². The van der Waals surface area contributed by atoms with Crippen molar-refractivity contribution in [1.29, 1.82) is 0 Å². The fraction of sp³-hybridized carbons (Fsp3) is 0.786. The van der Waals surface area contributed by atoms with Crippen molar-refractivity contribution in [3.8, 4) is 0 Å². The largest absolute Gasteiger partial charge is 0.373 e. The van der Waals surface area contributed by atoms with Crippen molar-refractivity contribution in [2.75, 3.05) is 6.61 Å². The lowest BCUT2D eigenvalue weighted by molar-refractivity contribution is -0.0205. The van der Waals surface area contributed by atoms with Gasteiger partial charge in [-0.1, -0.05) is 13.8 Å².